The molecule has 0 spiro atoms. The molecule has 0 saturated carbocycles. The Morgan fingerprint density at radius 1 is 1.30 bits per heavy atom. The number of aromatic amines is 1. The Morgan fingerprint density at radius 2 is 2.13 bits per heavy atom. The first-order valence-electron chi connectivity index (χ1n) is 8.52. The molecule has 2 fully saturated rings. The highest BCUT2D eigenvalue weighted by atomic mass is 16.2. The van der Waals surface area contributed by atoms with Crippen LogP contribution in [0.2, 0.25) is 0 Å². The molecular formula is C17H26N4O2. The molecule has 3 heterocycles. The third-order valence-electron chi connectivity index (χ3n) is 5.09. The van der Waals surface area contributed by atoms with Crippen molar-refractivity contribution in [1.29, 1.82) is 0 Å². The van der Waals surface area contributed by atoms with E-state index < -0.39 is 0 Å². The van der Waals surface area contributed by atoms with Gasteiger partial charge in [-0.05, 0) is 51.3 Å². The minimum atomic E-state index is -0.179. The van der Waals surface area contributed by atoms with Crippen molar-refractivity contribution in [3.8, 4) is 0 Å². The molecule has 2 aliphatic rings. The zero-order valence-corrected chi connectivity index (χ0v) is 13.9. The van der Waals surface area contributed by atoms with E-state index in [4.69, 9.17) is 0 Å². The van der Waals surface area contributed by atoms with Crippen LogP contribution in [0, 0.1) is 13.8 Å². The average Bonchev–Trinajstić information content (AvgIpc) is 2.89. The predicted octanol–water partition coefficient (Wildman–Crippen LogP) is 1.42. The topological polar surface area (TPSA) is 77.2 Å². The van der Waals surface area contributed by atoms with Gasteiger partial charge in [0.25, 0.3) is 5.56 Å². The summed E-state index contributed by atoms with van der Waals surface area (Å²) in [6.07, 6.45) is 4.70. The van der Waals surface area contributed by atoms with Gasteiger partial charge in [0.05, 0.1) is 6.54 Å². The van der Waals surface area contributed by atoms with Crippen LogP contribution in [-0.2, 0) is 6.54 Å². The molecule has 0 unspecified atom stereocenters. The summed E-state index contributed by atoms with van der Waals surface area (Å²) in [5, 5.41) is 5.93. The quantitative estimate of drug-likeness (QED) is 0.789. The van der Waals surface area contributed by atoms with E-state index in [0.29, 0.717) is 11.6 Å². The molecule has 1 aromatic heterocycles. The van der Waals surface area contributed by atoms with Crippen LogP contribution in [0.1, 0.15) is 42.5 Å². The van der Waals surface area contributed by atoms with Crippen LogP contribution in [-0.4, -0.2) is 41.1 Å². The molecule has 3 N–H and O–H groups in total. The number of nitrogens with one attached hydrogen (secondary N) is 3. The average molecular weight is 318 g/mol. The standard InChI is InChI=1S/C17H26N4O2/c1-11-9-12(2)19-16(22)13(11)10-18-17(23)20-14-6-8-21-7-4-3-5-15(14)21/h9,14-15H,3-8,10H2,1-2H3,(H,19,22)(H2,18,20,23)/t14-,15+/m0/s1. The molecule has 3 rings (SSSR count). The molecule has 126 valence electrons. The fourth-order valence-electron chi connectivity index (χ4n) is 3.91. The van der Waals surface area contributed by atoms with Gasteiger partial charge in [-0.3, -0.25) is 9.69 Å². The lowest BCUT2D eigenvalue weighted by Gasteiger charge is -2.32. The highest BCUT2D eigenvalue weighted by Crippen LogP contribution is 2.26. The van der Waals surface area contributed by atoms with Crippen LogP contribution >= 0.6 is 0 Å². The van der Waals surface area contributed by atoms with Crippen molar-refractivity contribution in [2.24, 2.45) is 0 Å². The fourth-order valence-corrected chi connectivity index (χ4v) is 3.91. The van der Waals surface area contributed by atoms with Gasteiger partial charge < -0.3 is 15.6 Å². The SMILES string of the molecule is Cc1cc(C)c(CNC(=O)N[C@H]2CCN3CCCC[C@H]23)c(=O)[nH]1. The van der Waals surface area contributed by atoms with Gasteiger partial charge in [-0.25, -0.2) is 4.79 Å². The number of hydrogen-bond donors (Lipinski definition) is 3. The third-order valence-corrected chi connectivity index (χ3v) is 5.09. The second-order valence-electron chi connectivity index (χ2n) is 6.76. The number of amides is 2. The summed E-state index contributed by atoms with van der Waals surface area (Å²) in [5.41, 5.74) is 2.24. The molecule has 0 bridgehead atoms. The largest absolute Gasteiger partial charge is 0.334 e. The number of aryl methyl sites for hydroxylation is 2. The van der Waals surface area contributed by atoms with Crippen molar-refractivity contribution in [1.82, 2.24) is 20.5 Å². The van der Waals surface area contributed by atoms with E-state index >= 15 is 0 Å². The summed E-state index contributed by atoms with van der Waals surface area (Å²) >= 11 is 0. The number of hydrogen-bond acceptors (Lipinski definition) is 3. The van der Waals surface area contributed by atoms with Crippen molar-refractivity contribution in [3.05, 3.63) is 33.2 Å². The Balaban J connectivity index is 1.55. The van der Waals surface area contributed by atoms with E-state index in [1.807, 2.05) is 19.9 Å². The first kappa shape index (κ1) is 16.1. The minimum Gasteiger partial charge on any atom is -0.334 e. The normalized spacial score (nSPS) is 24.3. The fraction of sp³-hybridized carbons (Fsp3) is 0.647. The molecule has 0 aromatic carbocycles. The summed E-state index contributed by atoms with van der Waals surface area (Å²) in [6.45, 7) is 6.24. The monoisotopic (exact) mass is 318 g/mol. The summed E-state index contributed by atoms with van der Waals surface area (Å²) in [4.78, 5) is 29.4. The van der Waals surface area contributed by atoms with Gasteiger partial charge in [0.1, 0.15) is 0 Å². The molecule has 2 saturated heterocycles. The maximum Gasteiger partial charge on any atom is 0.315 e. The summed E-state index contributed by atoms with van der Waals surface area (Å²) < 4.78 is 0. The van der Waals surface area contributed by atoms with Crippen LogP contribution in [0.5, 0.6) is 0 Å². The molecule has 0 radical (unpaired) electrons. The number of urea groups is 1. The molecule has 2 aliphatic heterocycles. The molecule has 6 nitrogen and oxygen atoms in total. The number of rotatable bonds is 3. The maximum absolute atomic E-state index is 12.2. The number of carbonyl (C=O) groups excluding carboxylic acids is 1. The number of fused-ring (bicyclic) bond motifs is 1. The van der Waals surface area contributed by atoms with Crippen molar-refractivity contribution in [2.45, 2.75) is 58.2 Å². The van der Waals surface area contributed by atoms with Gasteiger partial charge in [-0.1, -0.05) is 6.42 Å². The van der Waals surface area contributed by atoms with Crippen LogP contribution in [0.4, 0.5) is 4.79 Å². The van der Waals surface area contributed by atoms with Gasteiger partial charge in [0.2, 0.25) is 0 Å². The molecule has 0 aliphatic carbocycles. The van der Waals surface area contributed by atoms with Crippen LogP contribution in [0.25, 0.3) is 0 Å². The Labute approximate surface area is 136 Å². The summed E-state index contributed by atoms with van der Waals surface area (Å²) in [6, 6.07) is 2.46. The summed E-state index contributed by atoms with van der Waals surface area (Å²) in [7, 11) is 0. The first-order valence-corrected chi connectivity index (χ1v) is 8.52. The summed E-state index contributed by atoms with van der Waals surface area (Å²) in [5.74, 6) is 0. The van der Waals surface area contributed by atoms with Crippen molar-refractivity contribution in [3.63, 3.8) is 0 Å². The number of H-pyrrole nitrogens is 1. The molecule has 2 amide bonds. The molecular weight excluding hydrogens is 292 g/mol. The zero-order valence-electron chi connectivity index (χ0n) is 13.9. The highest BCUT2D eigenvalue weighted by Gasteiger charge is 2.36. The maximum atomic E-state index is 12.2. The van der Waals surface area contributed by atoms with Crippen LogP contribution in [0.3, 0.4) is 0 Å². The van der Waals surface area contributed by atoms with E-state index in [0.717, 1.165) is 30.8 Å². The van der Waals surface area contributed by atoms with Gasteiger partial charge in [0.15, 0.2) is 0 Å². The lowest BCUT2D eigenvalue weighted by Crippen LogP contribution is -2.49. The molecule has 2 atom stereocenters. The Kier molecular flexibility index (Phi) is 4.71. The van der Waals surface area contributed by atoms with Crippen LogP contribution in [0.15, 0.2) is 10.9 Å². The van der Waals surface area contributed by atoms with Gasteiger partial charge >= 0.3 is 6.03 Å². The van der Waals surface area contributed by atoms with E-state index in [1.54, 1.807) is 0 Å². The zero-order chi connectivity index (χ0) is 16.4. The molecule has 23 heavy (non-hydrogen) atoms. The highest BCUT2D eigenvalue weighted by molar-refractivity contribution is 5.74. The molecule has 1 aromatic rings. The predicted molar refractivity (Wildman–Crippen MR) is 89.5 cm³/mol. The van der Waals surface area contributed by atoms with E-state index in [-0.39, 0.29) is 24.2 Å². The Bertz CT molecular complexity index is 640. The van der Waals surface area contributed by atoms with Gasteiger partial charge in [-0.2, -0.15) is 0 Å². The Hall–Kier alpha value is -1.82. The second-order valence-corrected chi connectivity index (χ2v) is 6.76. The number of carbonyl (C=O) groups is 1. The van der Waals surface area contributed by atoms with Crippen molar-refractivity contribution < 1.29 is 4.79 Å². The van der Waals surface area contributed by atoms with Gasteiger partial charge in [0, 0.05) is 29.9 Å². The minimum absolute atomic E-state index is 0.123. The van der Waals surface area contributed by atoms with Crippen molar-refractivity contribution >= 4 is 6.03 Å². The Morgan fingerprint density at radius 3 is 2.91 bits per heavy atom. The lowest BCUT2D eigenvalue weighted by atomic mass is 9.99. The smallest absolute Gasteiger partial charge is 0.315 e. The van der Waals surface area contributed by atoms with E-state index in [9.17, 15) is 9.59 Å². The number of piperidine rings is 1. The lowest BCUT2D eigenvalue weighted by molar-refractivity contribution is 0.179. The molecule has 6 heteroatoms. The number of aromatic nitrogens is 1. The van der Waals surface area contributed by atoms with Crippen LogP contribution < -0.4 is 16.2 Å². The number of pyridine rings is 1. The van der Waals surface area contributed by atoms with Gasteiger partial charge in [-0.15, -0.1) is 0 Å². The van der Waals surface area contributed by atoms with Crippen molar-refractivity contribution in [2.75, 3.05) is 13.1 Å². The van der Waals surface area contributed by atoms with E-state index in [1.165, 1.54) is 19.3 Å². The third kappa shape index (κ3) is 3.58. The second kappa shape index (κ2) is 6.74. The van der Waals surface area contributed by atoms with E-state index in [2.05, 4.69) is 20.5 Å². The number of nitrogens with zero attached hydrogens (tertiary/aromatic N) is 1. The first-order chi connectivity index (χ1) is 11.0.